The quantitative estimate of drug-likeness (QED) is 0.570. The average Bonchev–Trinajstić information content (AvgIpc) is 2.07. The topological polar surface area (TPSA) is 58.7 Å². The fourth-order valence-corrected chi connectivity index (χ4v) is 1.30. The van der Waals surface area contributed by atoms with E-state index in [0.29, 0.717) is 5.96 Å². The van der Waals surface area contributed by atoms with Gasteiger partial charge in [-0.15, -0.1) is 0 Å². The van der Waals surface area contributed by atoms with E-state index in [-0.39, 0.29) is 17.9 Å². The molecule has 1 unspecified atom stereocenters. The first kappa shape index (κ1) is 8.04. The Kier molecular flexibility index (Phi) is 1.85. The van der Waals surface area contributed by atoms with Gasteiger partial charge in [0.25, 0.3) is 5.91 Å². The lowest BCUT2D eigenvalue weighted by atomic mass is 10.0. The van der Waals surface area contributed by atoms with Crippen LogP contribution in [0, 0.1) is 5.92 Å². The highest BCUT2D eigenvalue weighted by molar-refractivity contribution is 6.02. The molecule has 1 atom stereocenters. The van der Waals surface area contributed by atoms with Gasteiger partial charge in [0.1, 0.15) is 6.04 Å². The van der Waals surface area contributed by atoms with Crippen LogP contribution in [-0.4, -0.2) is 29.9 Å². The minimum Gasteiger partial charge on any atom is -0.369 e. The maximum Gasteiger partial charge on any atom is 0.271 e. The van der Waals surface area contributed by atoms with Gasteiger partial charge in [-0.3, -0.25) is 4.79 Å². The zero-order valence-electron chi connectivity index (χ0n) is 7.03. The molecule has 62 valence electrons. The molecule has 1 aliphatic rings. The number of carbonyl (C=O) groups excluding carboxylic acids is 1. The van der Waals surface area contributed by atoms with Crippen molar-refractivity contribution in [2.45, 2.75) is 19.9 Å². The maximum absolute atomic E-state index is 11.1. The number of aliphatic imine (C=N–C) groups is 1. The van der Waals surface area contributed by atoms with E-state index in [1.807, 2.05) is 13.8 Å². The molecule has 0 fully saturated rings. The van der Waals surface area contributed by atoms with Crippen molar-refractivity contribution in [1.29, 1.82) is 0 Å². The summed E-state index contributed by atoms with van der Waals surface area (Å²) < 4.78 is 0. The van der Waals surface area contributed by atoms with Gasteiger partial charge in [0.05, 0.1) is 0 Å². The van der Waals surface area contributed by atoms with E-state index in [0.717, 1.165) is 0 Å². The van der Waals surface area contributed by atoms with Gasteiger partial charge < -0.3 is 10.6 Å². The largest absolute Gasteiger partial charge is 0.369 e. The summed E-state index contributed by atoms with van der Waals surface area (Å²) in [5.74, 6) is 0.464. The van der Waals surface area contributed by atoms with E-state index >= 15 is 0 Å². The Morgan fingerprint density at radius 2 is 2.18 bits per heavy atom. The molecular weight excluding hydrogens is 142 g/mol. The van der Waals surface area contributed by atoms with Crippen LogP contribution in [0.4, 0.5) is 0 Å². The molecule has 0 saturated carbocycles. The number of rotatable bonds is 1. The van der Waals surface area contributed by atoms with Crippen LogP contribution in [0.1, 0.15) is 13.8 Å². The Balaban J connectivity index is 2.80. The van der Waals surface area contributed by atoms with Gasteiger partial charge in [0.2, 0.25) is 0 Å². The minimum atomic E-state index is -0.157. The fraction of sp³-hybridized carbons (Fsp3) is 0.714. The first-order chi connectivity index (χ1) is 5.04. The number of hydrogen-bond acceptors (Lipinski definition) is 3. The Hall–Kier alpha value is -1.06. The highest BCUT2D eigenvalue weighted by Gasteiger charge is 2.33. The summed E-state index contributed by atoms with van der Waals surface area (Å²) >= 11 is 0. The molecule has 1 rings (SSSR count). The van der Waals surface area contributed by atoms with Crippen LogP contribution >= 0.6 is 0 Å². The summed E-state index contributed by atoms with van der Waals surface area (Å²) in [4.78, 5) is 16.5. The molecule has 1 amide bonds. The summed E-state index contributed by atoms with van der Waals surface area (Å²) in [6.45, 7) is 3.96. The molecule has 0 radical (unpaired) electrons. The number of nitrogens with two attached hydrogens (primary N) is 1. The highest BCUT2D eigenvalue weighted by Crippen LogP contribution is 2.15. The molecule has 0 saturated heterocycles. The van der Waals surface area contributed by atoms with Crippen molar-refractivity contribution in [2.24, 2.45) is 16.6 Å². The van der Waals surface area contributed by atoms with E-state index in [1.54, 1.807) is 11.9 Å². The summed E-state index contributed by atoms with van der Waals surface area (Å²) in [6, 6.07) is -0.157. The van der Waals surface area contributed by atoms with Crippen LogP contribution in [-0.2, 0) is 4.79 Å². The molecule has 4 heteroatoms. The SMILES string of the molecule is CC(C)C1C(=O)N=C(N)N1C. The highest BCUT2D eigenvalue weighted by atomic mass is 16.2. The molecule has 0 bridgehead atoms. The third-order valence-corrected chi connectivity index (χ3v) is 1.89. The summed E-state index contributed by atoms with van der Waals surface area (Å²) in [5, 5.41) is 0. The lowest BCUT2D eigenvalue weighted by Gasteiger charge is -2.22. The Morgan fingerprint density at radius 1 is 1.64 bits per heavy atom. The third kappa shape index (κ3) is 1.20. The number of hydrogen-bond donors (Lipinski definition) is 1. The molecule has 2 N–H and O–H groups in total. The predicted octanol–water partition coefficient (Wildman–Crippen LogP) is -0.202. The minimum absolute atomic E-state index is 0.125. The van der Waals surface area contributed by atoms with Gasteiger partial charge in [-0.05, 0) is 5.92 Å². The van der Waals surface area contributed by atoms with Gasteiger partial charge in [-0.2, -0.15) is 4.99 Å². The van der Waals surface area contributed by atoms with Crippen molar-refractivity contribution in [2.75, 3.05) is 7.05 Å². The molecule has 0 aliphatic carbocycles. The van der Waals surface area contributed by atoms with Crippen LogP contribution in [0.2, 0.25) is 0 Å². The molecule has 0 aromatic carbocycles. The number of carbonyl (C=O) groups is 1. The smallest absolute Gasteiger partial charge is 0.271 e. The van der Waals surface area contributed by atoms with E-state index in [4.69, 9.17) is 5.73 Å². The second-order valence-electron chi connectivity index (χ2n) is 3.11. The second-order valence-corrected chi connectivity index (χ2v) is 3.11. The summed E-state index contributed by atoms with van der Waals surface area (Å²) in [5.41, 5.74) is 5.45. The van der Waals surface area contributed by atoms with Crippen LogP contribution < -0.4 is 5.73 Å². The Bertz CT molecular complexity index is 210. The average molecular weight is 155 g/mol. The molecule has 0 spiro atoms. The van der Waals surface area contributed by atoms with Crippen molar-refractivity contribution < 1.29 is 4.79 Å². The van der Waals surface area contributed by atoms with Crippen molar-refractivity contribution in [3.63, 3.8) is 0 Å². The monoisotopic (exact) mass is 155 g/mol. The first-order valence-electron chi connectivity index (χ1n) is 3.65. The van der Waals surface area contributed by atoms with Gasteiger partial charge >= 0.3 is 0 Å². The van der Waals surface area contributed by atoms with Gasteiger partial charge in [0, 0.05) is 7.05 Å². The fourth-order valence-electron chi connectivity index (χ4n) is 1.30. The lowest BCUT2D eigenvalue weighted by Crippen LogP contribution is -2.41. The van der Waals surface area contributed by atoms with Crippen molar-refractivity contribution >= 4 is 11.9 Å². The second kappa shape index (κ2) is 2.53. The van der Waals surface area contributed by atoms with Crippen LogP contribution in [0.15, 0.2) is 4.99 Å². The summed E-state index contributed by atoms with van der Waals surface area (Å²) in [7, 11) is 1.79. The zero-order chi connectivity index (χ0) is 8.59. The molecule has 4 nitrogen and oxygen atoms in total. The first-order valence-corrected chi connectivity index (χ1v) is 3.65. The van der Waals surface area contributed by atoms with Gasteiger partial charge in [0.15, 0.2) is 5.96 Å². The molecular formula is C7H13N3O. The standard InChI is InChI=1S/C7H13N3O/c1-4(2)5-6(11)9-7(8)10(5)3/h4-5H,1-3H3,(H2,8,9,11). The van der Waals surface area contributed by atoms with E-state index < -0.39 is 0 Å². The summed E-state index contributed by atoms with van der Waals surface area (Å²) in [6.07, 6.45) is 0. The van der Waals surface area contributed by atoms with E-state index in [1.165, 1.54) is 0 Å². The third-order valence-electron chi connectivity index (χ3n) is 1.89. The van der Waals surface area contributed by atoms with Gasteiger partial charge in [-0.1, -0.05) is 13.8 Å². The zero-order valence-corrected chi connectivity index (χ0v) is 7.03. The molecule has 1 aliphatic heterocycles. The van der Waals surface area contributed by atoms with Crippen LogP contribution in [0.5, 0.6) is 0 Å². The van der Waals surface area contributed by atoms with Crippen molar-refractivity contribution in [3.8, 4) is 0 Å². The number of nitrogens with zero attached hydrogens (tertiary/aromatic N) is 2. The number of amides is 1. The number of likely N-dealkylation sites (N-methyl/N-ethyl adjacent to an activating group) is 1. The van der Waals surface area contributed by atoms with E-state index in [2.05, 4.69) is 4.99 Å². The molecule has 1 heterocycles. The van der Waals surface area contributed by atoms with Crippen LogP contribution in [0.25, 0.3) is 0 Å². The Labute approximate surface area is 66.1 Å². The molecule has 0 aromatic heterocycles. The molecule has 0 aromatic rings. The van der Waals surface area contributed by atoms with E-state index in [9.17, 15) is 4.79 Å². The van der Waals surface area contributed by atoms with Crippen LogP contribution in [0.3, 0.4) is 0 Å². The molecule has 11 heavy (non-hydrogen) atoms. The lowest BCUT2D eigenvalue weighted by molar-refractivity contribution is -0.121. The maximum atomic E-state index is 11.1. The normalized spacial score (nSPS) is 24.7. The predicted molar refractivity (Wildman–Crippen MR) is 43.0 cm³/mol. The van der Waals surface area contributed by atoms with Gasteiger partial charge in [-0.25, -0.2) is 0 Å². The number of guanidine groups is 1. The Morgan fingerprint density at radius 3 is 2.36 bits per heavy atom. The van der Waals surface area contributed by atoms with Crippen molar-refractivity contribution in [3.05, 3.63) is 0 Å². The van der Waals surface area contributed by atoms with Crippen molar-refractivity contribution in [1.82, 2.24) is 4.90 Å².